The van der Waals surface area contributed by atoms with Gasteiger partial charge in [0.2, 0.25) is 0 Å². The van der Waals surface area contributed by atoms with Gasteiger partial charge in [0.05, 0.1) is 0 Å². The van der Waals surface area contributed by atoms with Crippen molar-refractivity contribution in [3.63, 3.8) is 0 Å². The summed E-state index contributed by atoms with van der Waals surface area (Å²) in [6, 6.07) is 3.77. The minimum absolute atomic E-state index is 0.0821. The monoisotopic (exact) mass is 192 g/mol. The molecule has 0 unspecified atom stereocenters. The smallest absolute Gasteiger partial charge is 0.119 e. The van der Waals surface area contributed by atoms with E-state index in [9.17, 15) is 5.11 Å². The molecule has 3 heteroatoms. The highest BCUT2D eigenvalue weighted by Gasteiger charge is 2.24. The number of hydrogen-bond acceptors (Lipinski definition) is 3. The van der Waals surface area contributed by atoms with E-state index in [1.54, 1.807) is 6.07 Å². The van der Waals surface area contributed by atoms with Gasteiger partial charge in [0.25, 0.3) is 0 Å². The van der Waals surface area contributed by atoms with E-state index in [4.69, 9.17) is 11.5 Å². The third kappa shape index (κ3) is 1.38. The van der Waals surface area contributed by atoms with Crippen molar-refractivity contribution in [2.24, 2.45) is 11.5 Å². The molecular formula is C11H16N2O. The highest BCUT2D eigenvalue weighted by molar-refractivity contribution is 5.49. The van der Waals surface area contributed by atoms with Gasteiger partial charge < -0.3 is 16.6 Å². The minimum Gasteiger partial charge on any atom is -0.508 e. The average Bonchev–Trinajstić information content (AvgIpc) is 2.55. The number of hydrogen-bond donors (Lipinski definition) is 3. The van der Waals surface area contributed by atoms with Gasteiger partial charge in [-0.15, -0.1) is 0 Å². The molecule has 0 heterocycles. The first-order valence-corrected chi connectivity index (χ1v) is 5.03. The normalized spacial score (nSPS) is 19.7. The van der Waals surface area contributed by atoms with Gasteiger partial charge >= 0.3 is 0 Å². The van der Waals surface area contributed by atoms with Crippen molar-refractivity contribution in [1.29, 1.82) is 0 Å². The first kappa shape index (κ1) is 9.49. The zero-order valence-corrected chi connectivity index (χ0v) is 8.16. The Balaban J connectivity index is 2.49. The molecule has 0 spiro atoms. The summed E-state index contributed by atoms with van der Waals surface area (Å²) >= 11 is 0. The van der Waals surface area contributed by atoms with Crippen LogP contribution >= 0.6 is 0 Å². The van der Waals surface area contributed by atoms with Crippen molar-refractivity contribution in [3.05, 3.63) is 28.8 Å². The molecule has 2 rings (SSSR count). The molecule has 5 N–H and O–H groups in total. The summed E-state index contributed by atoms with van der Waals surface area (Å²) in [5, 5.41) is 9.65. The lowest BCUT2D eigenvalue weighted by molar-refractivity contribution is 0.469. The van der Waals surface area contributed by atoms with Gasteiger partial charge in [0.15, 0.2) is 0 Å². The van der Waals surface area contributed by atoms with Gasteiger partial charge in [-0.05, 0) is 48.6 Å². The van der Waals surface area contributed by atoms with Crippen LogP contribution in [0.25, 0.3) is 0 Å². The Morgan fingerprint density at radius 1 is 1.43 bits per heavy atom. The highest BCUT2D eigenvalue weighted by atomic mass is 16.3. The van der Waals surface area contributed by atoms with Crippen LogP contribution in [0.3, 0.4) is 0 Å². The molecule has 76 valence electrons. The minimum atomic E-state index is 0.0821. The molecule has 0 aliphatic heterocycles. The van der Waals surface area contributed by atoms with Crippen molar-refractivity contribution in [2.45, 2.75) is 25.3 Å². The Hall–Kier alpha value is -1.06. The quantitative estimate of drug-likeness (QED) is 0.650. The number of nitrogens with two attached hydrogens (primary N) is 2. The van der Waals surface area contributed by atoms with Crippen LogP contribution in [0.15, 0.2) is 12.1 Å². The molecule has 0 aromatic heterocycles. The summed E-state index contributed by atoms with van der Waals surface area (Å²) in [7, 11) is 0. The maximum atomic E-state index is 9.65. The van der Waals surface area contributed by atoms with Crippen LogP contribution in [0.2, 0.25) is 0 Å². The lowest BCUT2D eigenvalue weighted by Crippen LogP contribution is -2.11. The van der Waals surface area contributed by atoms with E-state index in [1.807, 2.05) is 6.07 Å². The van der Waals surface area contributed by atoms with Crippen LogP contribution in [-0.4, -0.2) is 11.7 Å². The Bertz CT molecular complexity index is 349. The molecule has 1 aliphatic carbocycles. The first-order valence-electron chi connectivity index (χ1n) is 5.03. The molecule has 0 amide bonds. The summed E-state index contributed by atoms with van der Waals surface area (Å²) in [5.74, 6) is 0.383. The third-order valence-electron chi connectivity index (χ3n) is 2.91. The fourth-order valence-electron chi connectivity index (χ4n) is 2.24. The fourth-order valence-corrected chi connectivity index (χ4v) is 2.24. The van der Waals surface area contributed by atoms with E-state index in [2.05, 4.69) is 0 Å². The summed E-state index contributed by atoms with van der Waals surface area (Å²) in [6.07, 6.45) is 2.67. The highest BCUT2D eigenvalue weighted by Crippen LogP contribution is 2.37. The second-order valence-electron chi connectivity index (χ2n) is 3.82. The second-order valence-corrected chi connectivity index (χ2v) is 3.82. The number of aromatic hydroxyl groups is 1. The van der Waals surface area contributed by atoms with Gasteiger partial charge in [-0.2, -0.15) is 0 Å². The van der Waals surface area contributed by atoms with Crippen LogP contribution in [-0.2, 0) is 12.8 Å². The summed E-state index contributed by atoms with van der Waals surface area (Å²) in [6.45, 7) is 0.629. The van der Waals surface area contributed by atoms with Gasteiger partial charge in [0, 0.05) is 6.04 Å². The van der Waals surface area contributed by atoms with Crippen molar-refractivity contribution >= 4 is 0 Å². The van der Waals surface area contributed by atoms with Crippen LogP contribution in [0, 0.1) is 0 Å². The van der Waals surface area contributed by atoms with Crippen molar-refractivity contribution in [1.82, 2.24) is 0 Å². The number of phenolic OH excluding ortho intramolecular Hbond substituents is 1. The maximum absolute atomic E-state index is 9.65. The number of benzene rings is 1. The molecule has 0 saturated heterocycles. The predicted molar refractivity (Wildman–Crippen MR) is 56.1 cm³/mol. The molecule has 1 aliphatic rings. The average molecular weight is 192 g/mol. The second kappa shape index (κ2) is 3.59. The van der Waals surface area contributed by atoms with E-state index in [0.717, 1.165) is 30.4 Å². The molecule has 3 nitrogen and oxygen atoms in total. The summed E-state index contributed by atoms with van der Waals surface area (Å²) in [4.78, 5) is 0. The first-order chi connectivity index (χ1) is 6.74. The van der Waals surface area contributed by atoms with Crippen molar-refractivity contribution in [2.75, 3.05) is 6.54 Å². The molecular weight excluding hydrogens is 176 g/mol. The van der Waals surface area contributed by atoms with Crippen molar-refractivity contribution < 1.29 is 5.11 Å². The zero-order chi connectivity index (χ0) is 10.1. The molecule has 1 aromatic carbocycles. The maximum Gasteiger partial charge on any atom is 0.119 e. The molecule has 0 fully saturated rings. The largest absolute Gasteiger partial charge is 0.508 e. The van der Waals surface area contributed by atoms with Crippen LogP contribution in [0.5, 0.6) is 5.75 Å². The lowest BCUT2D eigenvalue weighted by Gasteiger charge is -2.12. The molecule has 14 heavy (non-hydrogen) atoms. The summed E-state index contributed by atoms with van der Waals surface area (Å²) < 4.78 is 0. The van der Waals surface area contributed by atoms with E-state index < -0.39 is 0 Å². The molecule has 1 aromatic rings. The van der Waals surface area contributed by atoms with Crippen molar-refractivity contribution in [3.8, 4) is 5.75 Å². The van der Waals surface area contributed by atoms with E-state index >= 15 is 0 Å². The lowest BCUT2D eigenvalue weighted by atomic mass is 9.98. The van der Waals surface area contributed by atoms with Gasteiger partial charge in [-0.3, -0.25) is 0 Å². The number of phenols is 1. The topological polar surface area (TPSA) is 72.3 Å². The van der Waals surface area contributed by atoms with Crippen LogP contribution < -0.4 is 11.5 Å². The van der Waals surface area contributed by atoms with Crippen LogP contribution in [0.4, 0.5) is 0 Å². The Morgan fingerprint density at radius 2 is 2.21 bits per heavy atom. The third-order valence-corrected chi connectivity index (χ3v) is 2.91. The SMILES string of the molecule is NCCc1ccc(O)c2c1[C@@H](N)CC2. The van der Waals surface area contributed by atoms with Gasteiger partial charge in [-0.1, -0.05) is 6.07 Å². The Morgan fingerprint density at radius 3 is 2.93 bits per heavy atom. The van der Waals surface area contributed by atoms with E-state index in [0.29, 0.717) is 12.3 Å². The molecule has 1 atom stereocenters. The standard InChI is InChI=1S/C11H16N2O/c12-6-5-7-1-4-10(14)8-2-3-9(13)11(7)8/h1,4,9,14H,2-3,5-6,12-13H2/t9-/m0/s1. The van der Waals surface area contributed by atoms with E-state index in [-0.39, 0.29) is 6.04 Å². The van der Waals surface area contributed by atoms with Gasteiger partial charge in [-0.25, -0.2) is 0 Å². The van der Waals surface area contributed by atoms with Gasteiger partial charge in [0.1, 0.15) is 5.75 Å². The Labute approximate surface area is 83.7 Å². The predicted octanol–water partition coefficient (Wildman–Crippen LogP) is 0.839. The molecule has 0 saturated carbocycles. The zero-order valence-electron chi connectivity index (χ0n) is 8.16. The summed E-state index contributed by atoms with van der Waals surface area (Å²) in [5.41, 5.74) is 14.9. The van der Waals surface area contributed by atoms with Crippen LogP contribution in [0.1, 0.15) is 29.2 Å². The molecule has 0 radical (unpaired) electrons. The molecule has 0 bridgehead atoms. The fraction of sp³-hybridized carbons (Fsp3) is 0.455. The van der Waals surface area contributed by atoms with E-state index in [1.165, 1.54) is 5.56 Å². The Kier molecular flexibility index (Phi) is 2.44. The number of fused-ring (bicyclic) bond motifs is 1. The number of rotatable bonds is 2.